The Morgan fingerprint density at radius 2 is 1.37 bits per heavy atom. The molecule has 0 aliphatic carbocycles. The van der Waals surface area contributed by atoms with E-state index >= 15 is 0 Å². The van der Waals surface area contributed by atoms with E-state index in [1.165, 1.54) is 0 Å². The fraction of sp³-hybridized carbons (Fsp3) is 0.583. The van der Waals surface area contributed by atoms with Crippen LogP contribution < -0.4 is 20.4 Å². The van der Waals surface area contributed by atoms with Crippen LogP contribution in [-0.2, 0) is 9.47 Å². The molecule has 3 aliphatic heterocycles. The number of hydrogen-bond donors (Lipinski definition) is 2. The van der Waals surface area contributed by atoms with E-state index in [2.05, 4.69) is 32.4 Å². The third-order valence-corrected chi connectivity index (χ3v) is 6.65. The Labute approximate surface area is 205 Å². The summed E-state index contributed by atoms with van der Waals surface area (Å²) in [7, 11) is 2.11. The van der Waals surface area contributed by atoms with Gasteiger partial charge in [0.2, 0.25) is 11.9 Å². The number of urea groups is 1. The highest BCUT2D eigenvalue weighted by Gasteiger charge is 2.22. The van der Waals surface area contributed by atoms with Gasteiger partial charge in [-0.1, -0.05) is 0 Å². The number of nitrogens with one attached hydrogen (secondary N) is 2. The summed E-state index contributed by atoms with van der Waals surface area (Å²) >= 11 is 0. The summed E-state index contributed by atoms with van der Waals surface area (Å²) in [5.41, 5.74) is 1.60. The number of anilines is 3. The summed E-state index contributed by atoms with van der Waals surface area (Å²) in [5.74, 6) is 1.95. The number of carbonyl (C=O) groups excluding carboxylic acids is 1. The highest BCUT2D eigenvalue weighted by molar-refractivity contribution is 5.89. The molecule has 0 unspecified atom stereocenters. The Balaban J connectivity index is 1.30. The van der Waals surface area contributed by atoms with Crippen LogP contribution in [0.4, 0.5) is 22.4 Å². The molecule has 5 rings (SSSR count). The van der Waals surface area contributed by atoms with E-state index in [1.54, 1.807) is 0 Å². The van der Waals surface area contributed by atoms with E-state index in [0.29, 0.717) is 44.1 Å². The van der Waals surface area contributed by atoms with E-state index in [4.69, 9.17) is 24.4 Å². The van der Waals surface area contributed by atoms with E-state index in [1.807, 2.05) is 24.3 Å². The van der Waals surface area contributed by atoms with Crippen LogP contribution in [0.1, 0.15) is 12.8 Å². The van der Waals surface area contributed by atoms with Gasteiger partial charge in [0.1, 0.15) is 0 Å². The molecule has 4 heterocycles. The maximum absolute atomic E-state index is 12.5. The Hall–Kier alpha value is -3.02. The van der Waals surface area contributed by atoms with Gasteiger partial charge in [0.25, 0.3) is 0 Å². The number of rotatable bonds is 5. The van der Waals surface area contributed by atoms with Crippen molar-refractivity contribution >= 4 is 23.6 Å². The number of hydrogen-bond acceptors (Lipinski definition) is 9. The molecule has 1 aromatic heterocycles. The topological polar surface area (TPSA) is 108 Å². The molecule has 3 aliphatic rings. The van der Waals surface area contributed by atoms with Crippen LogP contribution >= 0.6 is 0 Å². The quantitative estimate of drug-likeness (QED) is 0.654. The summed E-state index contributed by atoms with van der Waals surface area (Å²) in [6.07, 6.45) is 1.94. The number of amides is 2. The number of carbonyl (C=O) groups is 1. The lowest BCUT2D eigenvalue weighted by atomic mass is 10.1. The minimum Gasteiger partial charge on any atom is -0.378 e. The van der Waals surface area contributed by atoms with Gasteiger partial charge >= 0.3 is 6.03 Å². The van der Waals surface area contributed by atoms with E-state index in [0.717, 1.165) is 63.4 Å². The van der Waals surface area contributed by atoms with Crippen molar-refractivity contribution < 1.29 is 14.3 Å². The van der Waals surface area contributed by atoms with Crippen LogP contribution in [0.5, 0.6) is 0 Å². The van der Waals surface area contributed by atoms with Crippen molar-refractivity contribution in [3.63, 3.8) is 0 Å². The Bertz CT molecular complexity index is 949. The molecule has 2 aromatic rings. The third-order valence-electron chi connectivity index (χ3n) is 6.65. The summed E-state index contributed by atoms with van der Waals surface area (Å²) in [6, 6.07) is 7.69. The number of nitrogens with zero attached hydrogens (tertiary/aromatic N) is 6. The molecule has 11 heteroatoms. The van der Waals surface area contributed by atoms with Crippen molar-refractivity contribution in [2.24, 2.45) is 0 Å². The Morgan fingerprint density at radius 3 is 1.91 bits per heavy atom. The molecule has 0 radical (unpaired) electrons. The first-order chi connectivity index (χ1) is 17.1. The molecule has 188 valence electrons. The molecular formula is C24H34N8O3. The van der Waals surface area contributed by atoms with Gasteiger partial charge in [-0.15, -0.1) is 0 Å². The molecule has 3 saturated heterocycles. The number of benzene rings is 1. The standard InChI is InChI=1S/C24H34N8O3/c1-30-8-6-20(7-9-30)26-24(33)25-19-4-2-18(3-5-19)21-27-22(31-10-14-34-15-11-31)29-23(28-21)32-12-16-35-17-13-32/h2-5,20H,6-17H2,1H3,(H2,25,26,33). The van der Waals surface area contributed by atoms with Crippen LogP contribution in [0.15, 0.2) is 24.3 Å². The molecule has 0 bridgehead atoms. The van der Waals surface area contributed by atoms with Crippen LogP contribution in [0.3, 0.4) is 0 Å². The van der Waals surface area contributed by atoms with Crippen LogP contribution in [0.25, 0.3) is 11.4 Å². The van der Waals surface area contributed by atoms with Gasteiger partial charge in [0.05, 0.1) is 26.4 Å². The SMILES string of the molecule is CN1CCC(NC(=O)Nc2ccc(-c3nc(N4CCOCC4)nc(N4CCOCC4)n3)cc2)CC1. The van der Waals surface area contributed by atoms with E-state index < -0.39 is 0 Å². The normalized spacial score (nSPS) is 20.0. The molecule has 35 heavy (non-hydrogen) atoms. The molecule has 0 spiro atoms. The second-order valence-corrected chi connectivity index (χ2v) is 9.21. The second kappa shape index (κ2) is 11.1. The van der Waals surface area contributed by atoms with Crippen molar-refractivity contribution in [1.29, 1.82) is 0 Å². The fourth-order valence-electron chi connectivity index (χ4n) is 4.50. The largest absolute Gasteiger partial charge is 0.378 e. The smallest absolute Gasteiger partial charge is 0.319 e. The van der Waals surface area contributed by atoms with Crippen LogP contribution in [0.2, 0.25) is 0 Å². The molecule has 2 amide bonds. The van der Waals surface area contributed by atoms with Crippen LogP contribution in [0, 0.1) is 0 Å². The molecule has 0 atom stereocenters. The number of morpholine rings is 2. The van der Waals surface area contributed by atoms with Gasteiger partial charge in [-0.2, -0.15) is 15.0 Å². The Kier molecular flexibility index (Phi) is 7.55. The molecule has 11 nitrogen and oxygen atoms in total. The number of ether oxygens (including phenoxy) is 2. The van der Waals surface area contributed by atoms with Gasteiger partial charge < -0.3 is 34.8 Å². The average Bonchev–Trinajstić information content (AvgIpc) is 2.91. The zero-order valence-corrected chi connectivity index (χ0v) is 20.3. The number of likely N-dealkylation sites (tertiary alicyclic amines) is 1. The summed E-state index contributed by atoms with van der Waals surface area (Å²) < 4.78 is 11.0. The lowest BCUT2D eigenvalue weighted by Crippen LogP contribution is -2.44. The minimum absolute atomic E-state index is 0.170. The van der Waals surface area contributed by atoms with Crippen molar-refractivity contribution in [3.05, 3.63) is 24.3 Å². The first-order valence-corrected chi connectivity index (χ1v) is 12.4. The van der Waals surface area contributed by atoms with Crippen molar-refractivity contribution in [2.45, 2.75) is 18.9 Å². The van der Waals surface area contributed by atoms with Gasteiger partial charge in [0.15, 0.2) is 5.82 Å². The highest BCUT2D eigenvalue weighted by Crippen LogP contribution is 2.24. The zero-order valence-electron chi connectivity index (χ0n) is 20.3. The molecule has 1 aromatic carbocycles. The lowest BCUT2D eigenvalue weighted by Gasteiger charge is -2.30. The van der Waals surface area contributed by atoms with Gasteiger partial charge in [-0.05, 0) is 57.2 Å². The second-order valence-electron chi connectivity index (χ2n) is 9.21. The molecular weight excluding hydrogens is 448 g/mol. The third kappa shape index (κ3) is 6.16. The lowest BCUT2D eigenvalue weighted by molar-refractivity contribution is 0.121. The highest BCUT2D eigenvalue weighted by atomic mass is 16.5. The summed E-state index contributed by atoms with van der Waals surface area (Å²) in [4.78, 5) is 33.4. The monoisotopic (exact) mass is 482 g/mol. The van der Waals surface area contributed by atoms with Gasteiger partial charge in [0, 0.05) is 43.5 Å². The van der Waals surface area contributed by atoms with Crippen molar-refractivity contribution in [3.8, 4) is 11.4 Å². The fourth-order valence-corrected chi connectivity index (χ4v) is 4.50. The summed E-state index contributed by atoms with van der Waals surface area (Å²) in [6.45, 7) is 7.66. The minimum atomic E-state index is -0.170. The Morgan fingerprint density at radius 1 is 0.829 bits per heavy atom. The van der Waals surface area contributed by atoms with E-state index in [-0.39, 0.29) is 12.1 Å². The molecule has 2 N–H and O–H groups in total. The first-order valence-electron chi connectivity index (χ1n) is 12.4. The number of aromatic nitrogens is 3. The van der Waals surface area contributed by atoms with Crippen molar-refractivity contribution in [2.75, 3.05) is 87.9 Å². The van der Waals surface area contributed by atoms with Gasteiger partial charge in [-0.25, -0.2) is 4.79 Å². The van der Waals surface area contributed by atoms with Gasteiger partial charge in [-0.3, -0.25) is 0 Å². The predicted octanol–water partition coefficient (Wildman–Crippen LogP) is 1.43. The predicted molar refractivity (Wildman–Crippen MR) is 134 cm³/mol. The van der Waals surface area contributed by atoms with Crippen LogP contribution in [-0.4, -0.2) is 105 Å². The number of piperidine rings is 1. The van der Waals surface area contributed by atoms with Crippen molar-refractivity contribution in [1.82, 2.24) is 25.2 Å². The summed E-state index contributed by atoms with van der Waals surface area (Å²) in [5, 5.41) is 6.02. The van der Waals surface area contributed by atoms with E-state index in [9.17, 15) is 4.79 Å². The molecule has 0 saturated carbocycles. The molecule has 3 fully saturated rings. The average molecular weight is 483 g/mol. The zero-order chi connectivity index (χ0) is 24.0. The maximum atomic E-state index is 12.5. The maximum Gasteiger partial charge on any atom is 0.319 e. The first kappa shape index (κ1) is 23.7.